The third-order valence-corrected chi connectivity index (χ3v) is 4.95. The monoisotopic (exact) mass is 420 g/mol. The highest BCUT2D eigenvalue weighted by atomic mass is 19.4. The largest absolute Gasteiger partial charge is 0.418 e. The van der Waals surface area contributed by atoms with Crippen molar-refractivity contribution in [3.63, 3.8) is 0 Å². The predicted molar refractivity (Wildman–Crippen MR) is 104 cm³/mol. The molecule has 1 fully saturated rings. The van der Waals surface area contributed by atoms with Gasteiger partial charge in [0.2, 0.25) is 5.91 Å². The summed E-state index contributed by atoms with van der Waals surface area (Å²) in [6.45, 7) is 1.92. The molecule has 3 aromatic rings. The number of carbonyl (C=O) groups is 1. The fourth-order valence-corrected chi connectivity index (χ4v) is 3.55. The van der Waals surface area contributed by atoms with Gasteiger partial charge in [-0.3, -0.25) is 23.6 Å². The average Bonchev–Trinajstić information content (AvgIpc) is 3.25. The van der Waals surface area contributed by atoms with Gasteiger partial charge in [-0.2, -0.15) is 13.2 Å². The number of hydrazine groups is 1. The first-order chi connectivity index (χ1) is 14.2. The Bertz CT molecular complexity index is 1170. The molecule has 3 heterocycles. The number of pyridine rings is 1. The number of rotatable bonds is 3. The van der Waals surface area contributed by atoms with Crippen molar-refractivity contribution < 1.29 is 18.0 Å². The van der Waals surface area contributed by atoms with E-state index in [0.29, 0.717) is 18.0 Å². The molecule has 1 saturated heterocycles. The Balaban J connectivity index is 1.83. The molecule has 2 aromatic heterocycles. The van der Waals surface area contributed by atoms with Crippen molar-refractivity contribution in [1.82, 2.24) is 24.7 Å². The molecule has 11 heteroatoms. The lowest BCUT2D eigenvalue weighted by molar-refractivity contribution is -0.136. The van der Waals surface area contributed by atoms with Crippen LogP contribution in [-0.2, 0) is 11.0 Å². The van der Waals surface area contributed by atoms with Crippen LogP contribution in [0.1, 0.15) is 12.5 Å². The number of nitrogens with zero attached hydrogens (tertiary/aromatic N) is 4. The molecule has 30 heavy (non-hydrogen) atoms. The van der Waals surface area contributed by atoms with Gasteiger partial charge in [-0.15, -0.1) is 0 Å². The predicted octanol–water partition coefficient (Wildman–Crippen LogP) is 1.74. The Morgan fingerprint density at radius 1 is 1.23 bits per heavy atom. The number of aromatic nitrogens is 2. The molecule has 0 bridgehead atoms. The number of anilines is 1. The highest BCUT2D eigenvalue weighted by Gasteiger charge is 2.34. The maximum atomic E-state index is 13.3. The second-order valence-corrected chi connectivity index (χ2v) is 6.98. The zero-order valence-electron chi connectivity index (χ0n) is 16.1. The van der Waals surface area contributed by atoms with Crippen molar-refractivity contribution in [2.24, 2.45) is 0 Å². The first kappa shape index (κ1) is 20.1. The van der Waals surface area contributed by atoms with Crippen molar-refractivity contribution in [2.45, 2.75) is 19.4 Å². The topological polar surface area (TPSA) is 74.0 Å². The molecule has 158 valence electrons. The summed E-state index contributed by atoms with van der Waals surface area (Å²) in [5.74, 6) is -0.242. The Hall–Kier alpha value is -3.15. The number of imidazole rings is 1. The maximum absolute atomic E-state index is 13.3. The van der Waals surface area contributed by atoms with Crippen LogP contribution in [0.5, 0.6) is 0 Å². The molecular weight excluding hydrogens is 401 g/mol. The highest BCUT2D eigenvalue weighted by molar-refractivity contribution is 5.92. The van der Waals surface area contributed by atoms with Crippen LogP contribution in [0.15, 0.2) is 53.6 Å². The fraction of sp³-hybridized carbons (Fsp3) is 0.263. The van der Waals surface area contributed by atoms with E-state index in [1.807, 2.05) is 11.9 Å². The van der Waals surface area contributed by atoms with Crippen molar-refractivity contribution in [1.29, 1.82) is 0 Å². The number of fused-ring (bicyclic) bond motifs is 1. The van der Waals surface area contributed by atoms with Crippen LogP contribution in [0.25, 0.3) is 11.2 Å². The molecule has 0 radical (unpaired) electrons. The zero-order chi connectivity index (χ0) is 21.6. The third-order valence-electron chi connectivity index (χ3n) is 4.95. The van der Waals surface area contributed by atoms with E-state index in [9.17, 15) is 22.8 Å². The smallest absolute Gasteiger partial charge is 0.282 e. The molecule has 8 nitrogen and oxygen atoms in total. The summed E-state index contributed by atoms with van der Waals surface area (Å²) in [4.78, 5) is 28.5. The van der Waals surface area contributed by atoms with Crippen LogP contribution in [0.2, 0.25) is 0 Å². The normalized spacial score (nSPS) is 17.6. The first-order valence-electron chi connectivity index (χ1n) is 9.07. The lowest BCUT2D eigenvalue weighted by Crippen LogP contribution is -2.52. The zero-order valence-corrected chi connectivity index (χ0v) is 16.1. The number of hydrogen-bond acceptors (Lipinski definition) is 5. The van der Waals surface area contributed by atoms with E-state index in [0.717, 1.165) is 21.2 Å². The number of carbonyl (C=O) groups excluding carboxylic acids is 1. The van der Waals surface area contributed by atoms with Crippen molar-refractivity contribution >= 4 is 17.1 Å². The minimum Gasteiger partial charge on any atom is -0.282 e. The molecule has 1 unspecified atom stereocenters. The molecule has 1 atom stereocenters. The van der Waals surface area contributed by atoms with E-state index in [1.54, 1.807) is 24.3 Å². The number of amides is 1. The van der Waals surface area contributed by atoms with Crippen LogP contribution in [0.3, 0.4) is 0 Å². The van der Waals surface area contributed by atoms with Gasteiger partial charge in [-0.05, 0) is 37.4 Å². The lowest BCUT2D eigenvalue weighted by atomic mass is 10.2. The number of alkyl halides is 3. The molecule has 0 aliphatic carbocycles. The first-order valence-corrected chi connectivity index (χ1v) is 9.07. The number of benzene rings is 1. The molecule has 2 N–H and O–H groups in total. The van der Waals surface area contributed by atoms with Gasteiger partial charge in [-0.25, -0.2) is 15.6 Å². The van der Waals surface area contributed by atoms with Crippen LogP contribution in [0, 0.1) is 0 Å². The lowest BCUT2D eigenvalue weighted by Gasteiger charge is -2.31. The standard InChI is InChI=1S/C19H19F3N6O2/c1-12(29)28(17-24-23-11-25(17)2)14-6-3-5-13(9-14)27-10-16-15(19(20,21)22)7-4-8-26(16)18(27)30/h3-10,17,23-24H,11H2,1-2H3. The van der Waals surface area contributed by atoms with E-state index >= 15 is 0 Å². The Morgan fingerprint density at radius 3 is 2.63 bits per heavy atom. The number of halogens is 3. The summed E-state index contributed by atoms with van der Waals surface area (Å²) in [7, 11) is 1.82. The van der Waals surface area contributed by atoms with Gasteiger partial charge >= 0.3 is 11.9 Å². The number of hydrogen-bond donors (Lipinski definition) is 2. The summed E-state index contributed by atoms with van der Waals surface area (Å²) < 4.78 is 42.1. The second-order valence-electron chi connectivity index (χ2n) is 6.98. The molecule has 0 spiro atoms. The SMILES string of the molecule is CC(=O)N(c1cccc(-n2cc3c(C(F)(F)F)cccn3c2=O)c1)C1NNCN1C. The van der Waals surface area contributed by atoms with E-state index in [2.05, 4.69) is 10.9 Å². The summed E-state index contributed by atoms with van der Waals surface area (Å²) in [6, 6.07) is 8.64. The quantitative estimate of drug-likeness (QED) is 0.676. The Kier molecular flexibility index (Phi) is 4.88. The average molecular weight is 420 g/mol. The summed E-state index contributed by atoms with van der Waals surface area (Å²) >= 11 is 0. The van der Waals surface area contributed by atoms with Gasteiger partial charge in [0, 0.05) is 25.0 Å². The summed E-state index contributed by atoms with van der Waals surface area (Å²) in [5, 5.41) is 0. The van der Waals surface area contributed by atoms with Crippen LogP contribution < -0.4 is 21.4 Å². The highest BCUT2D eigenvalue weighted by Crippen LogP contribution is 2.32. The molecule has 1 aromatic carbocycles. The van der Waals surface area contributed by atoms with Gasteiger partial charge < -0.3 is 0 Å². The van der Waals surface area contributed by atoms with E-state index in [4.69, 9.17) is 0 Å². The second kappa shape index (κ2) is 7.27. The van der Waals surface area contributed by atoms with Gasteiger partial charge in [0.15, 0.2) is 6.29 Å². The van der Waals surface area contributed by atoms with E-state index < -0.39 is 23.7 Å². The fourth-order valence-electron chi connectivity index (χ4n) is 3.55. The molecular formula is C19H19F3N6O2. The summed E-state index contributed by atoms with van der Waals surface area (Å²) in [6.07, 6.45) is -2.61. The molecule has 0 saturated carbocycles. The van der Waals surface area contributed by atoms with Gasteiger partial charge in [0.05, 0.1) is 23.4 Å². The Labute approximate surface area is 169 Å². The Morgan fingerprint density at radius 2 is 2.00 bits per heavy atom. The molecule has 1 aliphatic heterocycles. The van der Waals surface area contributed by atoms with Gasteiger partial charge in [0.25, 0.3) is 0 Å². The van der Waals surface area contributed by atoms with Crippen LogP contribution in [-0.4, -0.2) is 39.8 Å². The van der Waals surface area contributed by atoms with Crippen LogP contribution >= 0.6 is 0 Å². The summed E-state index contributed by atoms with van der Waals surface area (Å²) in [5.41, 5.74) is 4.98. The van der Waals surface area contributed by atoms with E-state index in [1.165, 1.54) is 24.1 Å². The van der Waals surface area contributed by atoms with Gasteiger partial charge in [-0.1, -0.05) is 6.07 Å². The number of nitrogens with one attached hydrogen (secondary N) is 2. The third kappa shape index (κ3) is 3.36. The van der Waals surface area contributed by atoms with Gasteiger partial charge in [0.1, 0.15) is 0 Å². The van der Waals surface area contributed by atoms with Crippen molar-refractivity contribution in [3.05, 3.63) is 64.8 Å². The van der Waals surface area contributed by atoms with E-state index in [-0.39, 0.29) is 11.4 Å². The minimum absolute atomic E-state index is 0.242. The minimum atomic E-state index is -4.59. The molecule has 1 aliphatic rings. The maximum Gasteiger partial charge on any atom is 0.418 e. The molecule has 4 rings (SSSR count). The van der Waals surface area contributed by atoms with Crippen molar-refractivity contribution in [2.75, 3.05) is 18.6 Å². The molecule has 1 amide bonds. The van der Waals surface area contributed by atoms with Crippen molar-refractivity contribution in [3.8, 4) is 5.69 Å². The van der Waals surface area contributed by atoms with Crippen LogP contribution in [0.4, 0.5) is 18.9 Å².